The Bertz CT molecular complexity index is 450. The Kier molecular flexibility index (Phi) is 6.52. The highest BCUT2D eigenvalue weighted by Gasteiger charge is 2.27. The lowest BCUT2D eigenvalue weighted by Gasteiger charge is -2.21. The first-order valence-electron chi connectivity index (χ1n) is 6.74. The molecular weight excluding hydrogens is 278 g/mol. The Labute approximate surface area is 124 Å². The quantitative estimate of drug-likeness (QED) is 0.781. The molecule has 0 aliphatic rings. The first kappa shape index (κ1) is 16.5. The normalized spacial score (nSPS) is 13.6. The van der Waals surface area contributed by atoms with Crippen LogP contribution in [0.2, 0.25) is 0 Å². The number of carboxylic acids is 1. The summed E-state index contributed by atoms with van der Waals surface area (Å²) in [5.74, 6) is -1.89. The first-order chi connectivity index (χ1) is 9.47. The van der Waals surface area contributed by atoms with Crippen LogP contribution in [0.1, 0.15) is 33.1 Å². The van der Waals surface area contributed by atoms with Gasteiger partial charge < -0.3 is 5.11 Å². The summed E-state index contributed by atoms with van der Waals surface area (Å²) in [4.78, 5) is 23.3. The van der Waals surface area contributed by atoms with Gasteiger partial charge in [0.15, 0.2) is 0 Å². The van der Waals surface area contributed by atoms with Gasteiger partial charge in [-0.15, -0.1) is 0 Å². The first-order valence-corrected chi connectivity index (χ1v) is 7.07. The Morgan fingerprint density at radius 2 is 1.90 bits per heavy atom. The summed E-state index contributed by atoms with van der Waals surface area (Å²) in [6.07, 6.45) is 1.46. The molecule has 20 heavy (non-hydrogen) atoms. The van der Waals surface area contributed by atoms with Crippen LogP contribution < -0.4 is 4.42 Å². The van der Waals surface area contributed by atoms with Crippen molar-refractivity contribution in [2.75, 3.05) is 4.42 Å². The number of carboxylic acid groups (broad SMARTS) is 1. The fraction of sp³-hybridized carbons (Fsp3) is 0.467. The zero-order chi connectivity index (χ0) is 15.1. The van der Waals surface area contributed by atoms with E-state index < -0.39 is 11.9 Å². The summed E-state index contributed by atoms with van der Waals surface area (Å²) < 4.78 is 1.06. The monoisotopic (exact) mass is 297 g/mol. The fourth-order valence-electron chi connectivity index (χ4n) is 2.16. The molecule has 0 spiro atoms. The number of carbonyl (C=O) groups is 2. The van der Waals surface area contributed by atoms with E-state index in [1.807, 2.05) is 13.0 Å². The van der Waals surface area contributed by atoms with Gasteiger partial charge in [-0.3, -0.25) is 9.59 Å². The molecule has 0 bridgehead atoms. The number of hydrogen-bond acceptors (Lipinski definition) is 2. The maximum Gasteiger partial charge on any atom is 0.306 e. The molecule has 0 saturated carbocycles. The minimum atomic E-state index is -0.854. The van der Waals surface area contributed by atoms with Gasteiger partial charge in [-0.1, -0.05) is 38.5 Å². The van der Waals surface area contributed by atoms with Crippen LogP contribution in [-0.4, -0.2) is 17.0 Å². The number of hydrogen-bond donors (Lipinski definition) is 1. The molecule has 2 atom stereocenters. The Hall–Kier alpha value is -1.55. The van der Waals surface area contributed by atoms with Crippen molar-refractivity contribution in [3.8, 4) is 0 Å². The molecule has 0 aromatic heterocycles. The van der Waals surface area contributed by atoms with Gasteiger partial charge in [0.2, 0.25) is 5.91 Å². The van der Waals surface area contributed by atoms with Crippen molar-refractivity contribution in [1.29, 1.82) is 0 Å². The molecule has 2 unspecified atom stereocenters. The zero-order valence-electron chi connectivity index (χ0n) is 11.8. The van der Waals surface area contributed by atoms with Crippen molar-refractivity contribution >= 4 is 29.3 Å². The highest BCUT2D eigenvalue weighted by molar-refractivity contribution is 6.36. The average molecular weight is 298 g/mol. The van der Waals surface area contributed by atoms with Crippen LogP contribution in [0.4, 0.5) is 5.69 Å². The molecule has 0 aliphatic carbocycles. The van der Waals surface area contributed by atoms with Crippen molar-refractivity contribution in [3.63, 3.8) is 0 Å². The van der Waals surface area contributed by atoms with Crippen molar-refractivity contribution < 1.29 is 14.7 Å². The molecule has 1 rings (SSSR count). The number of halogens is 1. The second kappa shape index (κ2) is 7.90. The highest BCUT2D eigenvalue weighted by atomic mass is 35.5. The molecule has 0 aliphatic heterocycles. The third-order valence-electron chi connectivity index (χ3n) is 3.30. The van der Waals surface area contributed by atoms with E-state index in [1.165, 1.54) is 0 Å². The minimum Gasteiger partial charge on any atom is -0.481 e. The van der Waals surface area contributed by atoms with Gasteiger partial charge in [-0.05, 0) is 24.5 Å². The molecule has 1 amide bonds. The Morgan fingerprint density at radius 1 is 1.30 bits per heavy atom. The maximum absolute atomic E-state index is 12.1. The van der Waals surface area contributed by atoms with Gasteiger partial charge >= 0.3 is 5.97 Å². The lowest BCUT2D eigenvalue weighted by Crippen LogP contribution is -2.28. The van der Waals surface area contributed by atoms with Crippen molar-refractivity contribution in [1.82, 2.24) is 0 Å². The molecule has 5 heteroatoms. The van der Waals surface area contributed by atoms with E-state index in [2.05, 4.69) is 0 Å². The summed E-state index contributed by atoms with van der Waals surface area (Å²) in [6.45, 7) is 3.71. The Balaban J connectivity index is 2.67. The molecular formula is C15H20ClNO3. The molecule has 0 fully saturated rings. The van der Waals surface area contributed by atoms with Crippen LogP contribution in [-0.2, 0) is 9.59 Å². The SMILES string of the molecule is CCCC(C(=O)O)C(C)CC(=O)N(Cl)c1ccccc1. The number of benzene rings is 1. The van der Waals surface area contributed by atoms with Crippen molar-refractivity contribution in [3.05, 3.63) is 30.3 Å². The van der Waals surface area contributed by atoms with Gasteiger partial charge in [0.05, 0.1) is 11.6 Å². The largest absolute Gasteiger partial charge is 0.481 e. The van der Waals surface area contributed by atoms with Crippen LogP contribution in [0.15, 0.2) is 30.3 Å². The summed E-state index contributed by atoms with van der Waals surface area (Å²) in [5.41, 5.74) is 0.591. The molecule has 110 valence electrons. The van der Waals surface area contributed by atoms with E-state index in [4.69, 9.17) is 11.8 Å². The predicted molar refractivity (Wildman–Crippen MR) is 79.6 cm³/mol. The number of amides is 1. The third-order valence-corrected chi connectivity index (χ3v) is 3.69. The van der Waals surface area contributed by atoms with Crippen LogP contribution in [0, 0.1) is 11.8 Å². The van der Waals surface area contributed by atoms with Crippen LogP contribution in [0.25, 0.3) is 0 Å². The van der Waals surface area contributed by atoms with Crippen LogP contribution in [0.3, 0.4) is 0 Å². The van der Waals surface area contributed by atoms with Gasteiger partial charge in [-0.2, -0.15) is 0 Å². The number of carbonyl (C=O) groups excluding carboxylic acids is 1. The standard InChI is InChI=1S/C15H20ClNO3/c1-3-7-13(15(19)20)11(2)10-14(18)17(16)12-8-5-4-6-9-12/h4-6,8-9,11,13H,3,7,10H2,1-2H3,(H,19,20). The Morgan fingerprint density at radius 3 is 2.40 bits per heavy atom. The van der Waals surface area contributed by atoms with Gasteiger partial charge in [0, 0.05) is 18.2 Å². The number of anilines is 1. The average Bonchev–Trinajstić information content (AvgIpc) is 2.44. The second-order valence-corrected chi connectivity index (χ2v) is 5.26. The van der Waals surface area contributed by atoms with Crippen LogP contribution >= 0.6 is 11.8 Å². The molecule has 1 aromatic rings. The van der Waals surface area contributed by atoms with Crippen molar-refractivity contribution in [2.45, 2.75) is 33.1 Å². The van der Waals surface area contributed by atoms with E-state index in [1.54, 1.807) is 31.2 Å². The van der Waals surface area contributed by atoms with E-state index in [0.29, 0.717) is 12.1 Å². The van der Waals surface area contributed by atoms with E-state index >= 15 is 0 Å². The topological polar surface area (TPSA) is 57.6 Å². The van der Waals surface area contributed by atoms with Gasteiger partial charge in [-0.25, -0.2) is 4.42 Å². The lowest BCUT2D eigenvalue weighted by atomic mass is 9.87. The van der Waals surface area contributed by atoms with E-state index in [0.717, 1.165) is 10.8 Å². The minimum absolute atomic E-state index is 0.120. The summed E-state index contributed by atoms with van der Waals surface area (Å²) >= 11 is 6.00. The molecule has 1 N–H and O–H groups in total. The molecule has 0 radical (unpaired) electrons. The van der Waals surface area contributed by atoms with Crippen molar-refractivity contribution in [2.24, 2.45) is 11.8 Å². The number of aliphatic carboxylic acids is 1. The number of rotatable bonds is 7. The molecule has 4 nitrogen and oxygen atoms in total. The van der Waals surface area contributed by atoms with E-state index in [-0.39, 0.29) is 18.2 Å². The number of para-hydroxylation sites is 1. The van der Waals surface area contributed by atoms with E-state index in [9.17, 15) is 14.7 Å². The summed E-state index contributed by atoms with van der Waals surface area (Å²) in [7, 11) is 0. The fourth-order valence-corrected chi connectivity index (χ4v) is 2.34. The van der Waals surface area contributed by atoms with Gasteiger partial charge in [0.25, 0.3) is 0 Å². The molecule has 1 aromatic carbocycles. The molecule has 0 saturated heterocycles. The summed E-state index contributed by atoms with van der Waals surface area (Å²) in [5, 5.41) is 9.19. The molecule has 0 heterocycles. The summed E-state index contributed by atoms with van der Waals surface area (Å²) in [6, 6.07) is 8.88. The van der Waals surface area contributed by atoms with Crippen LogP contribution in [0.5, 0.6) is 0 Å². The predicted octanol–water partition coefficient (Wildman–Crippen LogP) is 3.70. The maximum atomic E-state index is 12.1. The zero-order valence-corrected chi connectivity index (χ0v) is 12.5. The van der Waals surface area contributed by atoms with Gasteiger partial charge in [0.1, 0.15) is 0 Å². The highest BCUT2D eigenvalue weighted by Crippen LogP contribution is 2.24. The third kappa shape index (κ3) is 4.53. The lowest BCUT2D eigenvalue weighted by molar-refractivity contribution is -0.144. The second-order valence-electron chi connectivity index (χ2n) is 4.92. The smallest absolute Gasteiger partial charge is 0.306 e. The number of nitrogens with zero attached hydrogens (tertiary/aromatic N) is 1.